The molecule has 1 fully saturated rings. The summed E-state index contributed by atoms with van der Waals surface area (Å²) in [6.07, 6.45) is 3.61. The zero-order valence-electron chi connectivity index (χ0n) is 10.7. The standard InChI is InChI=1S/C13H24O2/c1-9-6-7-11(13(3,4)5)12(8-9)15-10(2)14/h9,11-12H,6-8H2,1-5H3. The van der Waals surface area contributed by atoms with Crippen molar-refractivity contribution in [2.24, 2.45) is 17.3 Å². The minimum Gasteiger partial charge on any atom is -0.462 e. The van der Waals surface area contributed by atoms with Crippen LogP contribution in [-0.4, -0.2) is 12.1 Å². The van der Waals surface area contributed by atoms with Crippen LogP contribution in [0.25, 0.3) is 0 Å². The molecule has 0 aromatic heterocycles. The number of carbonyl (C=O) groups is 1. The summed E-state index contributed by atoms with van der Waals surface area (Å²) in [5, 5.41) is 0. The molecule has 1 aliphatic rings. The highest BCUT2D eigenvalue weighted by molar-refractivity contribution is 5.66. The highest BCUT2D eigenvalue weighted by Gasteiger charge is 2.37. The summed E-state index contributed by atoms with van der Waals surface area (Å²) in [5.74, 6) is 1.06. The fraction of sp³-hybridized carbons (Fsp3) is 0.923. The molecule has 0 aromatic carbocycles. The monoisotopic (exact) mass is 212 g/mol. The molecular weight excluding hydrogens is 188 g/mol. The van der Waals surface area contributed by atoms with E-state index >= 15 is 0 Å². The molecule has 1 aliphatic carbocycles. The quantitative estimate of drug-likeness (QED) is 0.623. The van der Waals surface area contributed by atoms with Crippen LogP contribution < -0.4 is 0 Å². The molecule has 2 nitrogen and oxygen atoms in total. The fourth-order valence-electron chi connectivity index (χ4n) is 2.66. The van der Waals surface area contributed by atoms with Gasteiger partial charge in [-0.15, -0.1) is 0 Å². The minimum absolute atomic E-state index is 0.131. The Bertz CT molecular complexity index is 227. The Hall–Kier alpha value is -0.530. The first-order valence-corrected chi connectivity index (χ1v) is 5.98. The molecule has 3 unspecified atom stereocenters. The van der Waals surface area contributed by atoms with Crippen LogP contribution in [0.5, 0.6) is 0 Å². The number of hydrogen-bond acceptors (Lipinski definition) is 2. The molecule has 15 heavy (non-hydrogen) atoms. The average molecular weight is 212 g/mol. The van der Waals surface area contributed by atoms with E-state index in [4.69, 9.17) is 4.74 Å². The van der Waals surface area contributed by atoms with E-state index < -0.39 is 0 Å². The third kappa shape index (κ3) is 3.51. The second-order valence-electron chi connectivity index (χ2n) is 6.04. The first-order valence-electron chi connectivity index (χ1n) is 5.98. The van der Waals surface area contributed by atoms with Gasteiger partial charge in [-0.2, -0.15) is 0 Å². The van der Waals surface area contributed by atoms with Gasteiger partial charge < -0.3 is 4.74 Å². The van der Waals surface area contributed by atoms with Crippen LogP contribution in [0.1, 0.15) is 53.9 Å². The van der Waals surface area contributed by atoms with Gasteiger partial charge in [0.25, 0.3) is 0 Å². The van der Waals surface area contributed by atoms with Gasteiger partial charge in [-0.25, -0.2) is 0 Å². The largest absolute Gasteiger partial charge is 0.462 e. The van der Waals surface area contributed by atoms with E-state index in [1.807, 2.05) is 0 Å². The molecule has 2 heteroatoms. The minimum atomic E-state index is -0.136. The Labute approximate surface area is 93.4 Å². The molecule has 0 aromatic rings. The molecule has 0 heterocycles. The Balaban J connectivity index is 2.70. The van der Waals surface area contributed by atoms with Gasteiger partial charge in [0.15, 0.2) is 0 Å². The third-order valence-electron chi connectivity index (χ3n) is 3.48. The van der Waals surface area contributed by atoms with Crippen molar-refractivity contribution in [3.8, 4) is 0 Å². The number of carbonyl (C=O) groups excluding carboxylic acids is 1. The van der Waals surface area contributed by atoms with Gasteiger partial charge in [-0.05, 0) is 24.2 Å². The molecule has 0 N–H and O–H groups in total. The van der Waals surface area contributed by atoms with Crippen molar-refractivity contribution in [3.63, 3.8) is 0 Å². The van der Waals surface area contributed by atoms with E-state index in [9.17, 15) is 4.79 Å². The van der Waals surface area contributed by atoms with Gasteiger partial charge in [0.2, 0.25) is 0 Å². The Morgan fingerprint density at radius 2 is 1.87 bits per heavy atom. The summed E-state index contributed by atoms with van der Waals surface area (Å²) < 4.78 is 5.46. The molecule has 0 spiro atoms. The Morgan fingerprint density at radius 3 is 2.33 bits per heavy atom. The zero-order valence-corrected chi connectivity index (χ0v) is 10.7. The maximum absolute atomic E-state index is 11.1. The number of hydrogen-bond donors (Lipinski definition) is 0. The predicted molar refractivity (Wildman–Crippen MR) is 61.5 cm³/mol. The van der Waals surface area contributed by atoms with E-state index in [1.165, 1.54) is 19.8 Å². The van der Waals surface area contributed by atoms with Gasteiger partial charge in [-0.1, -0.05) is 34.1 Å². The molecule has 1 rings (SSSR count). The summed E-state index contributed by atoms with van der Waals surface area (Å²) in [6.45, 7) is 10.5. The van der Waals surface area contributed by atoms with Crippen LogP contribution in [0.4, 0.5) is 0 Å². The lowest BCUT2D eigenvalue weighted by Crippen LogP contribution is -2.39. The SMILES string of the molecule is CC(=O)OC1CC(C)CCC1C(C)(C)C. The van der Waals surface area contributed by atoms with Crippen molar-refractivity contribution in [2.45, 2.75) is 60.0 Å². The molecule has 0 saturated heterocycles. The van der Waals surface area contributed by atoms with E-state index in [2.05, 4.69) is 27.7 Å². The van der Waals surface area contributed by atoms with Crippen LogP contribution in [-0.2, 0) is 9.53 Å². The van der Waals surface area contributed by atoms with Crippen LogP contribution in [0.2, 0.25) is 0 Å². The van der Waals surface area contributed by atoms with Crippen molar-refractivity contribution in [1.82, 2.24) is 0 Å². The Morgan fingerprint density at radius 1 is 1.27 bits per heavy atom. The lowest BCUT2D eigenvalue weighted by Gasteiger charge is -2.41. The van der Waals surface area contributed by atoms with E-state index in [0.717, 1.165) is 6.42 Å². The maximum Gasteiger partial charge on any atom is 0.302 e. The van der Waals surface area contributed by atoms with Crippen LogP contribution in [0.3, 0.4) is 0 Å². The van der Waals surface area contributed by atoms with Crippen molar-refractivity contribution in [2.75, 3.05) is 0 Å². The summed E-state index contributed by atoms with van der Waals surface area (Å²) in [6, 6.07) is 0. The van der Waals surface area contributed by atoms with Crippen LogP contribution in [0, 0.1) is 17.3 Å². The van der Waals surface area contributed by atoms with Gasteiger partial charge in [0, 0.05) is 12.8 Å². The lowest BCUT2D eigenvalue weighted by atomic mass is 9.68. The number of esters is 1. The molecule has 88 valence electrons. The molecule has 1 saturated carbocycles. The molecular formula is C13H24O2. The second kappa shape index (κ2) is 4.54. The van der Waals surface area contributed by atoms with Gasteiger partial charge in [0.05, 0.1) is 0 Å². The first-order chi connectivity index (χ1) is 6.80. The highest BCUT2D eigenvalue weighted by Crippen LogP contribution is 2.41. The maximum atomic E-state index is 11.1. The van der Waals surface area contributed by atoms with E-state index in [-0.39, 0.29) is 17.5 Å². The molecule has 0 radical (unpaired) electrons. The number of ether oxygens (including phenoxy) is 1. The van der Waals surface area contributed by atoms with Gasteiger partial charge in [0.1, 0.15) is 6.10 Å². The predicted octanol–water partition coefficient (Wildman–Crippen LogP) is 3.40. The van der Waals surface area contributed by atoms with Crippen molar-refractivity contribution in [1.29, 1.82) is 0 Å². The average Bonchev–Trinajstić information content (AvgIpc) is 1.99. The van der Waals surface area contributed by atoms with Gasteiger partial charge >= 0.3 is 5.97 Å². The molecule has 0 aliphatic heterocycles. The number of rotatable bonds is 1. The molecule has 3 atom stereocenters. The van der Waals surface area contributed by atoms with Crippen molar-refractivity contribution < 1.29 is 9.53 Å². The van der Waals surface area contributed by atoms with Crippen LogP contribution >= 0.6 is 0 Å². The fourth-order valence-corrected chi connectivity index (χ4v) is 2.66. The van der Waals surface area contributed by atoms with E-state index in [0.29, 0.717) is 11.8 Å². The smallest absolute Gasteiger partial charge is 0.302 e. The highest BCUT2D eigenvalue weighted by atomic mass is 16.5. The summed E-state index contributed by atoms with van der Waals surface area (Å²) in [5.41, 5.74) is 0.236. The zero-order chi connectivity index (χ0) is 11.6. The van der Waals surface area contributed by atoms with Crippen molar-refractivity contribution >= 4 is 5.97 Å². The molecule has 0 amide bonds. The Kier molecular flexibility index (Phi) is 3.80. The van der Waals surface area contributed by atoms with E-state index in [1.54, 1.807) is 0 Å². The summed E-state index contributed by atoms with van der Waals surface area (Å²) in [7, 11) is 0. The third-order valence-corrected chi connectivity index (χ3v) is 3.48. The summed E-state index contributed by atoms with van der Waals surface area (Å²) >= 11 is 0. The van der Waals surface area contributed by atoms with Crippen molar-refractivity contribution in [3.05, 3.63) is 0 Å². The van der Waals surface area contributed by atoms with Gasteiger partial charge in [-0.3, -0.25) is 4.79 Å². The molecule has 0 bridgehead atoms. The first kappa shape index (κ1) is 12.5. The second-order valence-corrected chi connectivity index (χ2v) is 6.04. The normalized spacial score (nSPS) is 32.5. The topological polar surface area (TPSA) is 26.3 Å². The van der Waals surface area contributed by atoms with Crippen LogP contribution in [0.15, 0.2) is 0 Å². The lowest BCUT2D eigenvalue weighted by molar-refractivity contribution is -0.155. The summed E-state index contributed by atoms with van der Waals surface area (Å²) in [4.78, 5) is 11.1.